The molecule has 0 fully saturated rings. The highest BCUT2D eigenvalue weighted by Crippen LogP contribution is 2.26. The van der Waals surface area contributed by atoms with Gasteiger partial charge in [-0.3, -0.25) is 4.89 Å². The van der Waals surface area contributed by atoms with Gasteiger partial charge in [0.15, 0.2) is 0 Å². The smallest absolute Gasteiger partial charge is 0.373 e. The lowest BCUT2D eigenvalue weighted by Crippen LogP contribution is -2.11. The average Bonchev–Trinajstić information content (AvgIpc) is 2.54. The first-order valence-electron chi connectivity index (χ1n) is 7.25. The molecule has 2 aromatic carbocycles. The van der Waals surface area contributed by atoms with Crippen molar-refractivity contribution in [3.8, 4) is 11.1 Å². The summed E-state index contributed by atoms with van der Waals surface area (Å²) in [5.74, 6) is -1.48. The van der Waals surface area contributed by atoms with Crippen LogP contribution in [0.5, 0.6) is 0 Å². The Kier molecular flexibility index (Phi) is 5.49. The second kappa shape index (κ2) is 7.56. The van der Waals surface area contributed by atoms with Crippen molar-refractivity contribution in [2.24, 2.45) is 5.92 Å². The number of hydrogen-bond acceptors (Lipinski definition) is 4. The van der Waals surface area contributed by atoms with Gasteiger partial charge in [-0.1, -0.05) is 44.2 Å². The first-order chi connectivity index (χ1) is 11.0. The van der Waals surface area contributed by atoms with Gasteiger partial charge in [-0.25, -0.2) is 9.59 Å². The van der Waals surface area contributed by atoms with Crippen molar-refractivity contribution in [1.29, 1.82) is 0 Å². The number of hydrogen-bond donors (Lipinski definition) is 1. The van der Waals surface area contributed by atoms with Crippen LogP contribution >= 0.6 is 0 Å². The Labute approximate surface area is 134 Å². The van der Waals surface area contributed by atoms with Crippen LogP contribution in [0.15, 0.2) is 48.5 Å². The molecule has 23 heavy (non-hydrogen) atoms. The molecule has 2 rings (SSSR count). The Morgan fingerprint density at radius 2 is 1.78 bits per heavy atom. The van der Waals surface area contributed by atoms with Gasteiger partial charge < -0.3 is 5.11 Å². The summed E-state index contributed by atoms with van der Waals surface area (Å²) in [6.07, 6.45) is 0. The summed E-state index contributed by atoms with van der Waals surface area (Å²) in [5, 5.41) is 9.15. The lowest BCUT2D eigenvalue weighted by Gasteiger charge is -2.11. The monoisotopic (exact) mass is 314 g/mol. The van der Waals surface area contributed by atoms with Gasteiger partial charge in [-0.2, -0.15) is 4.89 Å². The summed E-state index contributed by atoms with van der Waals surface area (Å²) in [6, 6.07) is 13.3. The van der Waals surface area contributed by atoms with Gasteiger partial charge in [-0.05, 0) is 35.2 Å². The molecule has 0 aromatic heterocycles. The molecule has 5 heteroatoms. The summed E-state index contributed by atoms with van der Waals surface area (Å²) >= 11 is 0. The van der Waals surface area contributed by atoms with Crippen molar-refractivity contribution in [3.05, 3.63) is 59.7 Å². The average molecular weight is 314 g/mol. The van der Waals surface area contributed by atoms with Crippen molar-refractivity contribution in [2.75, 3.05) is 6.61 Å². The van der Waals surface area contributed by atoms with E-state index in [0.29, 0.717) is 12.2 Å². The maximum absolute atomic E-state index is 12.2. The number of aromatic carboxylic acids is 1. The van der Waals surface area contributed by atoms with Crippen LogP contribution in [-0.2, 0) is 9.78 Å². The van der Waals surface area contributed by atoms with Gasteiger partial charge in [0.2, 0.25) is 0 Å². The van der Waals surface area contributed by atoms with Crippen molar-refractivity contribution >= 4 is 11.9 Å². The molecule has 0 aliphatic carbocycles. The fourth-order valence-corrected chi connectivity index (χ4v) is 1.98. The lowest BCUT2D eigenvalue weighted by atomic mass is 9.97. The van der Waals surface area contributed by atoms with Gasteiger partial charge in [0.05, 0.1) is 17.7 Å². The van der Waals surface area contributed by atoms with E-state index in [1.165, 1.54) is 18.2 Å². The number of carbonyl (C=O) groups is 2. The van der Waals surface area contributed by atoms with Crippen molar-refractivity contribution in [2.45, 2.75) is 13.8 Å². The highest BCUT2D eigenvalue weighted by atomic mass is 17.2. The molecule has 0 bridgehead atoms. The third-order valence-corrected chi connectivity index (χ3v) is 3.11. The zero-order chi connectivity index (χ0) is 16.8. The van der Waals surface area contributed by atoms with Gasteiger partial charge in [-0.15, -0.1) is 0 Å². The molecule has 0 saturated heterocycles. The minimum absolute atomic E-state index is 0.100. The molecule has 0 unspecified atom stereocenters. The molecule has 1 N–H and O–H groups in total. The van der Waals surface area contributed by atoms with Crippen LogP contribution in [0, 0.1) is 5.92 Å². The van der Waals surface area contributed by atoms with Crippen molar-refractivity contribution in [1.82, 2.24) is 0 Å². The van der Waals surface area contributed by atoms with E-state index in [0.717, 1.165) is 5.56 Å². The quantitative estimate of drug-likeness (QED) is 0.648. The zero-order valence-electron chi connectivity index (χ0n) is 13.0. The van der Waals surface area contributed by atoms with E-state index >= 15 is 0 Å². The standard InChI is InChI=1S/C18H18O5/c1-12(2)11-22-23-18(21)15-9-8-14(17(19)20)10-16(15)13-6-4-3-5-7-13/h3-10,12H,11H2,1-2H3,(H,19,20). The Balaban J connectivity index is 2.35. The summed E-state index contributed by atoms with van der Waals surface area (Å²) in [6.45, 7) is 4.16. The molecular weight excluding hydrogens is 296 g/mol. The summed E-state index contributed by atoms with van der Waals surface area (Å²) in [5.41, 5.74) is 1.57. The topological polar surface area (TPSA) is 72.8 Å². The third kappa shape index (κ3) is 4.40. The van der Waals surface area contributed by atoms with Crippen LogP contribution in [0.4, 0.5) is 0 Å². The zero-order valence-corrected chi connectivity index (χ0v) is 13.0. The van der Waals surface area contributed by atoms with Crippen LogP contribution < -0.4 is 0 Å². The van der Waals surface area contributed by atoms with E-state index in [1.807, 2.05) is 32.0 Å². The minimum atomic E-state index is -1.06. The Morgan fingerprint density at radius 3 is 2.39 bits per heavy atom. The molecule has 0 spiro atoms. The van der Waals surface area contributed by atoms with E-state index < -0.39 is 11.9 Å². The predicted octanol–water partition coefficient (Wildman–Crippen LogP) is 3.80. The SMILES string of the molecule is CC(C)COOC(=O)c1ccc(C(=O)O)cc1-c1ccccc1. The van der Waals surface area contributed by atoms with Crippen molar-refractivity contribution < 1.29 is 24.5 Å². The molecule has 0 heterocycles. The molecule has 0 amide bonds. The Hall–Kier alpha value is -2.66. The van der Waals surface area contributed by atoms with Crippen LogP contribution in [0.3, 0.4) is 0 Å². The lowest BCUT2D eigenvalue weighted by molar-refractivity contribution is -0.246. The second-order valence-corrected chi connectivity index (χ2v) is 5.48. The second-order valence-electron chi connectivity index (χ2n) is 5.48. The minimum Gasteiger partial charge on any atom is -0.478 e. The van der Waals surface area contributed by atoms with Gasteiger partial charge in [0.1, 0.15) is 0 Å². The van der Waals surface area contributed by atoms with Crippen LogP contribution in [0.25, 0.3) is 11.1 Å². The fraction of sp³-hybridized carbons (Fsp3) is 0.222. The molecule has 2 aromatic rings. The molecule has 0 radical (unpaired) electrons. The van der Waals surface area contributed by atoms with Gasteiger partial charge in [0.25, 0.3) is 0 Å². The molecule has 5 nitrogen and oxygen atoms in total. The first-order valence-corrected chi connectivity index (χ1v) is 7.25. The molecule has 120 valence electrons. The van der Waals surface area contributed by atoms with Gasteiger partial charge in [0, 0.05) is 0 Å². The van der Waals surface area contributed by atoms with E-state index in [2.05, 4.69) is 0 Å². The summed E-state index contributed by atoms with van der Waals surface area (Å²) in [4.78, 5) is 33.1. The number of carboxylic acids is 1. The largest absolute Gasteiger partial charge is 0.478 e. The number of rotatable bonds is 6. The maximum Gasteiger partial charge on any atom is 0.373 e. The fourth-order valence-electron chi connectivity index (χ4n) is 1.98. The number of carboxylic acid groups (broad SMARTS) is 1. The van der Waals surface area contributed by atoms with E-state index in [1.54, 1.807) is 12.1 Å². The van der Waals surface area contributed by atoms with Crippen molar-refractivity contribution in [3.63, 3.8) is 0 Å². The molecule has 0 aliphatic rings. The summed E-state index contributed by atoms with van der Waals surface area (Å²) < 4.78 is 0. The van der Waals surface area contributed by atoms with E-state index in [4.69, 9.17) is 14.9 Å². The molecular formula is C18H18O5. The summed E-state index contributed by atoms with van der Waals surface area (Å²) in [7, 11) is 0. The van der Waals surface area contributed by atoms with E-state index in [9.17, 15) is 9.59 Å². The first kappa shape index (κ1) is 16.7. The highest BCUT2D eigenvalue weighted by molar-refractivity contribution is 5.99. The predicted molar refractivity (Wildman–Crippen MR) is 85.0 cm³/mol. The van der Waals surface area contributed by atoms with E-state index in [-0.39, 0.29) is 17.0 Å². The molecule has 0 saturated carbocycles. The van der Waals surface area contributed by atoms with Gasteiger partial charge >= 0.3 is 11.9 Å². The van der Waals surface area contributed by atoms with Crippen LogP contribution in [0.1, 0.15) is 34.6 Å². The normalized spacial score (nSPS) is 10.6. The molecule has 0 atom stereocenters. The third-order valence-electron chi connectivity index (χ3n) is 3.11. The Morgan fingerprint density at radius 1 is 1.09 bits per heavy atom. The van der Waals surface area contributed by atoms with Crippen LogP contribution in [-0.4, -0.2) is 23.7 Å². The number of benzene rings is 2. The van der Waals surface area contributed by atoms with Crippen LogP contribution in [0.2, 0.25) is 0 Å². The highest BCUT2D eigenvalue weighted by Gasteiger charge is 2.18. The number of carbonyl (C=O) groups excluding carboxylic acids is 1. The Bertz CT molecular complexity index is 692. The molecule has 0 aliphatic heterocycles. The maximum atomic E-state index is 12.2.